The maximum atomic E-state index is 3.68. The Bertz CT molecular complexity index is 1490. The van der Waals surface area contributed by atoms with Gasteiger partial charge in [0.25, 0.3) is 0 Å². The fraction of sp³-hybridized carbons (Fsp3) is 0. The molecule has 0 spiro atoms. The smallest absolute Gasteiger partial charge is 0.0470 e. The minimum Gasteiger partial charge on any atom is -0.355 e. The molecule has 6 rings (SSSR count). The third-order valence-corrected chi connectivity index (χ3v) is 6.56. The van der Waals surface area contributed by atoms with Crippen LogP contribution < -0.4 is 5.32 Å². The molecule has 1 heterocycles. The van der Waals surface area contributed by atoms with E-state index in [1.54, 1.807) is 0 Å². The van der Waals surface area contributed by atoms with Crippen molar-refractivity contribution >= 4 is 64.4 Å². The third kappa shape index (κ3) is 2.39. The van der Waals surface area contributed by atoms with Crippen molar-refractivity contribution in [1.29, 1.82) is 0 Å². The van der Waals surface area contributed by atoms with Gasteiger partial charge in [-0.05, 0) is 40.4 Å². The summed E-state index contributed by atoms with van der Waals surface area (Å²) in [4.78, 5) is 0. The van der Waals surface area contributed by atoms with Crippen LogP contribution in [0.2, 0.25) is 0 Å². The lowest BCUT2D eigenvalue weighted by atomic mass is 10.00. The fourth-order valence-electron chi connectivity index (χ4n) is 4.12. The highest BCUT2D eigenvalue weighted by molar-refractivity contribution is 7.25. The summed E-state index contributed by atoms with van der Waals surface area (Å²) < 4.78 is 2.65. The summed E-state index contributed by atoms with van der Waals surface area (Å²) in [7, 11) is 0. The third-order valence-electron chi connectivity index (χ3n) is 5.43. The van der Waals surface area contributed by atoms with E-state index < -0.39 is 0 Å². The van der Waals surface area contributed by atoms with Gasteiger partial charge in [-0.3, -0.25) is 0 Å². The van der Waals surface area contributed by atoms with Crippen molar-refractivity contribution in [2.75, 3.05) is 5.32 Å². The SMILES string of the molecule is c1ccc2c(c1)cc(Nc1ccc3c(c1)sc1ccccc13)c1ccccc12. The first-order valence-corrected chi connectivity index (χ1v) is 10.3. The first kappa shape index (κ1) is 15.7. The van der Waals surface area contributed by atoms with Crippen LogP contribution in [0.15, 0.2) is 97.1 Å². The van der Waals surface area contributed by atoms with Crippen molar-refractivity contribution in [1.82, 2.24) is 0 Å². The summed E-state index contributed by atoms with van der Waals surface area (Å²) in [5.74, 6) is 0. The van der Waals surface area contributed by atoms with Crippen molar-refractivity contribution in [2.45, 2.75) is 0 Å². The second-order valence-corrected chi connectivity index (χ2v) is 8.21. The quantitative estimate of drug-likeness (QED) is 0.301. The van der Waals surface area contributed by atoms with Crippen LogP contribution in [0.5, 0.6) is 0 Å². The molecule has 0 amide bonds. The van der Waals surface area contributed by atoms with E-state index >= 15 is 0 Å². The molecule has 1 N–H and O–H groups in total. The van der Waals surface area contributed by atoms with Crippen molar-refractivity contribution < 1.29 is 0 Å². The lowest BCUT2D eigenvalue weighted by Crippen LogP contribution is -1.92. The van der Waals surface area contributed by atoms with Gasteiger partial charge < -0.3 is 5.32 Å². The molecule has 0 radical (unpaired) electrons. The maximum absolute atomic E-state index is 3.68. The standard InChI is InChI=1S/C26H17NS/c1-2-8-19-17(7-1)15-24(21-10-4-3-9-20(19)21)27-18-13-14-23-22-11-5-6-12-25(22)28-26(23)16-18/h1-16,27H. The zero-order valence-electron chi connectivity index (χ0n) is 15.1. The van der Waals surface area contributed by atoms with E-state index in [0.29, 0.717) is 0 Å². The van der Waals surface area contributed by atoms with Crippen LogP contribution in [-0.4, -0.2) is 0 Å². The van der Waals surface area contributed by atoms with E-state index in [4.69, 9.17) is 0 Å². The van der Waals surface area contributed by atoms with Gasteiger partial charge in [0.2, 0.25) is 0 Å². The monoisotopic (exact) mass is 375 g/mol. The maximum Gasteiger partial charge on any atom is 0.0470 e. The van der Waals surface area contributed by atoms with Crippen molar-refractivity contribution in [2.24, 2.45) is 0 Å². The summed E-state index contributed by atoms with van der Waals surface area (Å²) in [6.45, 7) is 0. The summed E-state index contributed by atoms with van der Waals surface area (Å²) in [6.07, 6.45) is 0. The molecule has 0 saturated carbocycles. The van der Waals surface area contributed by atoms with E-state index in [1.165, 1.54) is 41.7 Å². The zero-order valence-corrected chi connectivity index (χ0v) is 16.0. The van der Waals surface area contributed by atoms with Crippen molar-refractivity contribution in [3.63, 3.8) is 0 Å². The number of anilines is 2. The minimum absolute atomic E-state index is 1.12. The number of hydrogen-bond acceptors (Lipinski definition) is 2. The second-order valence-electron chi connectivity index (χ2n) is 7.13. The van der Waals surface area contributed by atoms with E-state index in [-0.39, 0.29) is 0 Å². The van der Waals surface area contributed by atoms with Gasteiger partial charge >= 0.3 is 0 Å². The first-order chi connectivity index (χ1) is 13.9. The predicted molar refractivity (Wildman–Crippen MR) is 124 cm³/mol. The molecule has 0 saturated heterocycles. The molecular formula is C26H17NS. The highest BCUT2D eigenvalue weighted by Crippen LogP contribution is 2.37. The molecule has 1 aromatic heterocycles. The average Bonchev–Trinajstić information content (AvgIpc) is 3.12. The number of fused-ring (bicyclic) bond motifs is 6. The summed E-state index contributed by atoms with van der Waals surface area (Å²) in [5, 5.41) is 11.4. The summed E-state index contributed by atoms with van der Waals surface area (Å²) in [5.41, 5.74) is 2.27. The largest absolute Gasteiger partial charge is 0.355 e. The number of rotatable bonds is 2. The topological polar surface area (TPSA) is 12.0 Å². The Hall–Kier alpha value is -3.36. The highest BCUT2D eigenvalue weighted by atomic mass is 32.1. The van der Waals surface area contributed by atoms with Crippen LogP contribution in [-0.2, 0) is 0 Å². The van der Waals surface area contributed by atoms with Gasteiger partial charge in [-0.2, -0.15) is 0 Å². The molecule has 0 aliphatic carbocycles. The Balaban J connectivity index is 1.53. The van der Waals surface area contributed by atoms with E-state index in [1.807, 2.05) is 11.3 Å². The van der Waals surface area contributed by atoms with Gasteiger partial charge in [-0.25, -0.2) is 0 Å². The van der Waals surface area contributed by atoms with Gasteiger partial charge in [-0.15, -0.1) is 11.3 Å². The van der Waals surface area contributed by atoms with Gasteiger partial charge in [0.1, 0.15) is 0 Å². The van der Waals surface area contributed by atoms with Crippen molar-refractivity contribution in [3.8, 4) is 0 Å². The van der Waals surface area contributed by atoms with Crippen LogP contribution in [0, 0.1) is 0 Å². The molecule has 0 aliphatic rings. The van der Waals surface area contributed by atoms with Gasteiger partial charge in [0.05, 0.1) is 0 Å². The Morgan fingerprint density at radius 3 is 2.07 bits per heavy atom. The van der Waals surface area contributed by atoms with Gasteiger partial charge in [-0.1, -0.05) is 72.8 Å². The van der Waals surface area contributed by atoms with Crippen LogP contribution in [0.1, 0.15) is 0 Å². The molecule has 0 atom stereocenters. The molecule has 0 unspecified atom stereocenters. The van der Waals surface area contributed by atoms with E-state index in [9.17, 15) is 0 Å². The molecule has 6 aromatic rings. The van der Waals surface area contributed by atoms with E-state index in [2.05, 4.69) is 102 Å². The molecular weight excluding hydrogens is 358 g/mol. The Kier molecular flexibility index (Phi) is 3.40. The Morgan fingerprint density at radius 2 is 1.18 bits per heavy atom. The molecule has 0 bridgehead atoms. The van der Waals surface area contributed by atoms with Gasteiger partial charge in [0.15, 0.2) is 0 Å². The number of nitrogens with one attached hydrogen (secondary N) is 1. The minimum atomic E-state index is 1.12. The number of thiophene rings is 1. The van der Waals surface area contributed by atoms with Gasteiger partial charge in [0, 0.05) is 36.9 Å². The lowest BCUT2D eigenvalue weighted by molar-refractivity contribution is 1.62. The molecule has 1 nitrogen and oxygen atoms in total. The van der Waals surface area contributed by atoms with Crippen LogP contribution >= 0.6 is 11.3 Å². The Morgan fingerprint density at radius 1 is 0.500 bits per heavy atom. The summed E-state index contributed by atoms with van der Waals surface area (Å²) in [6, 6.07) is 34.8. The predicted octanol–water partition coefficient (Wildman–Crippen LogP) is 8.10. The average molecular weight is 375 g/mol. The van der Waals surface area contributed by atoms with Crippen LogP contribution in [0.25, 0.3) is 41.7 Å². The number of benzene rings is 5. The molecule has 0 fully saturated rings. The molecule has 0 aliphatic heterocycles. The van der Waals surface area contributed by atoms with Crippen LogP contribution in [0.4, 0.5) is 11.4 Å². The highest BCUT2D eigenvalue weighted by Gasteiger charge is 2.08. The molecule has 28 heavy (non-hydrogen) atoms. The zero-order chi connectivity index (χ0) is 18.5. The van der Waals surface area contributed by atoms with Crippen molar-refractivity contribution in [3.05, 3.63) is 97.1 Å². The lowest BCUT2D eigenvalue weighted by Gasteiger charge is -2.13. The number of hydrogen-bond donors (Lipinski definition) is 1. The van der Waals surface area contributed by atoms with Crippen LogP contribution in [0.3, 0.4) is 0 Å². The molecule has 132 valence electrons. The first-order valence-electron chi connectivity index (χ1n) is 9.46. The fourth-order valence-corrected chi connectivity index (χ4v) is 5.26. The summed E-state index contributed by atoms with van der Waals surface area (Å²) >= 11 is 1.85. The van der Waals surface area contributed by atoms with E-state index in [0.717, 1.165) is 11.4 Å². The molecule has 5 aromatic carbocycles. The normalized spacial score (nSPS) is 11.6. The second kappa shape index (κ2) is 6.08. The molecule has 2 heteroatoms. The Labute approximate surface area is 166 Å².